The molecule has 0 atom stereocenters. The predicted molar refractivity (Wildman–Crippen MR) is 122 cm³/mol. The van der Waals surface area contributed by atoms with Crippen LogP contribution in [0.5, 0.6) is 0 Å². The molecule has 0 saturated carbocycles. The Bertz CT molecular complexity index is 715. The van der Waals surface area contributed by atoms with Crippen LogP contribution in [0.15, 0.2) is 47.1 Å². The Morgan fingerprint density at radius 2 is 1.97 bits per heavy atom. The molecule has 0 spiro atoms. The predicted octanol–water partition coefficient (Wildman–Crippen LogP) is 4.44. The summed E-state index contributed by atoms with van der Waals surface area (Å²) in [5.41, 5.74) is 2.40. The largest absolute Gasteiger partial charge is 0.382 e. The molecule has 2 rings (SSSR count). The molecule has 1 aromatic carbocycles. The van der Waals surface area contributed by atoms with Gasteiger partial charge in [0.05, 0.1) is 13.1 Å². The highest BCUT2D eigenvalue weighted by Gasteiger charge is 2.15. The summed E-state index contributed by atoms with van der Waals surface area (Å²) < 4.78 is 8.65. The number of benzene rings is 1. The van der Waals surface area contributed by atoms with Crippen molar-refractivity contribution in [3.05, 3.63) is 58.3 Å². The zero-order valence-electron chi connectivity index (χ0n) is 17.7. The topological polar surface area (TPSA) is 46.5 Å². The fourth-order valence-corrected chi connectivity index (χ4v) is 3.39. The number of ether oxygens (including phenoxy) is 1. The third kappa shape index (κ3) is 8.72. The van der Waals surface area contributed by atoms with Gasteiger partial charge in [-0.25, -0.2) is 0 Å². The van der Waals surface area contributed by atoms with Gasteiger partial charge in [0.2, 0.25) is 5.91 Å². The molecule has 1 aromatic heterocycles. The van der Waals surface area contributed by atoms with Crippen LogP contribution in [0.3, 0.4) is 0 Å². The molecule has 0 saturated heterocycles. The molecule has 0 radical (unpaired) electrons. The number of unbranched alkanes of at least 4 members (excludes halogenated alkanes) is 1. The molecule has 1 heterocycles. The Morgan fingerprint density at radius 3 is 2.69 bits per heavy atom. The lowest BCUT2D eigenvalue weighted by atomic mass is 10.2. The standard InChI is InChI=1S/C23H34BrN3O2/c1-3-5-14-27(23(28)17-25-13-7-16-29-4-2)19-22-8-6-15-26(22)18-20-9-11-21(24)12-10-20/h6,8-12,15,25H,3-5,7,13-14,16-19H2,1-2H3. The number of carbonyl (C=O) groups is 1. The van der Waals surface area contributed by atoms with Gasteiger partial charge in [-0.1, -0.05) is 41.4 Å². The molecule has 1 N–H and O–H groups in total. The van der Waals surface area contributed by atoms with E-state index in [0.29, 0.717) is 13.1 Å². The lowest BCUT2D eigenvalue weighted by Gasteiger charge is -2.24. The number of halogens is 1. The molecule has 0 fully saturated rings. The van der Waals surface area contributed by atoms with E-state index < -0.39 is 0 Å². The van der Waals surface area contributed by atoms with Crippen LogP contribution >= 0.6 is 15.9 Å². The number of hydrogen-bond acceptors (Lipinski definition) is 3. The fraction of sp³-hybridized carbons (Fsp3) is 0.522. The summed E-state index contributed by atoms with van der Waals surface area (Å²) in [7, 11) is 0. The second kappa shape index (κ2) is 13.6. The van der Waals surface area contributed by atoms with Gasteiger partial charge in [-0.15, -0.1) is 0 Å². The van der Waals surface area contributed by atoms with Crippen LogP contribution in [0.2, 0.25) is 0 Å². The number of nitrogens with one attached hydrogen (secondary N) is 1. The summed E-state index contributed by atoms with van der Waals surface area (Å²) >= 11 is 3.48. The quantitative estimate of drug-likeness (QED) is 0.421. The molecule has 5 nitrogen and oxygen atoms in total. The molecule has 2 aromatic rings. The maximum absolute atomic E-state index is 12.8. The molecular weight excluding hydrogens is 430 g/mol. The smallest absolute Gasteiger partial charge is 0.236 e. The van der Waals surface area contributed by atoms with Crippen molar-refractivity contribution in [3.8, 4) is 0 Å². The second-order valence-corrected chi connectivity index (χ2v) is 8.07. The Hall–Kier alpha value is -1.63. The van der Waals surface area contributed by atoms with E-state index in [2.05, 4.69) is 75.3 Å². The fourth-order valence-electron chi connectivity index (χ4n) is 3.12. The van der Waals surface area contributed by atoms with Crippen molar-refractivity contribution in [2.24, 2.45) is 0 Å². The number of carbonyl (C=O) groups excluding carboxylic acids is 1. The van der Waals surface area contributed by atoms with Crippen LogP contribution < -0.4 is 5.32 Å². The SMILES string of the molecule is CCCCN(Cc1cccn1Cc1ccc(Br)cc1)C(=O)CNCCCOCC. The van der Waals surface area contributed by atoms with Crippen molar-refractivity contribution in [2.45, 2.75) is 46.2 Å². The summed E-state index contributed by atoms with van der Waals surface area (Å²) in [6.07, 6.45) is 5.10. The van der Waals surface area contributed by atoms with Gasteiger partial charge in [-0.2, -0.15) is 0 Å². The molecule has 0 aliphatic heterocycles. The zero-order valence-corrected chi connectivity index (χ0v) is 19.3. The van der Waals surface area contributed by atoms with Gasteiger partial charge in [0.1, 0.15) is 0 Å². The number of aromatic nitrogens is 1. The summed E-state index contributed by atoms with van der Waals surface area (Å²) in [5.74, 6) is 0.159. The highest BCUT2D eigenvalue weighted by molar-refractivity contribution is 9.10. The summed E-state index contributed by atoms with van der Waals surface area (Å²) in [4.78, 5) is 14.8. The van der Waals surface area contributed by atoms with E-state index in [1.807, 2.05) is 11.8 Å². The molecule has 0 aliphatic rings. The summed E-state index contributed by atoms with van der Waals surface area (Å²) in [6.45, 7) is 9.05. The van der Waals surface area contributed by atoms with E-state index >= 15 is 0 Å². The zero-order chi connectivity index (χ0) is 20.9. The number of hydrogen-bond donors (Lipinski definition) is 1. The van der Waals surface area contributed by atoms with E-state index in [1.54, 1.807) is 0 Å². The first-order valence-corrected chi connectivity index (χ1v) is 11.4. The molecule has 0 aliphatic carbocycles. The van der Waals surface area contributed by atoms with E-state index in [0.717, 1.165) is 62.3 Å². The normalized spacial score (nSPS) is 11.0. The Morgan fingerprint density at radius 1 is 1.17 bits per heavy atom. The molecule has 160 valence electrons. The lowest BCUT2D eigenvalue weighted by Crippen LogP contribution is -2.39. The minimum absolute atomic E-state index is 0.159. The van der Waals surface area contributed by atoms with Crippen LogP contribution in [0, 0.1) is 0 Å². The molecule has 0 unspecified atom stereocenters. The van der Waals surface area contributed by atoms with Crippen molar-refractivity contribution in [2.75, 3.05) is 32.8 Å². The monoisotopic (exact) mass is 463 g/mol. The first-order chi connectivity index (χ1) is 14.1. The van der Waals surface area contributed by atoms with Gasteiger partial charge in [0, 0.05) is 42.7 Å². The van der Waals surface area contributed by atoms with Gasteiger partial charge in [-0.3, -0.25) is 4.79 Å². The second-order valence-electron chi connectivity index (χ2n) is 7.15. The number of rotatable bonds is 14. The van der Waals surface area contributed by atoms with E-state index in [9.17, 15) is 4.79 Å². The maximum Gasteiger partial charge on any atom is 0.236 e. The Kier molecular flexibility index (Phi) is 11.1. The molecular formula is C23H34BrN3O2. The van der Waals surface area contributed by atoms with Crippen molar-refractivity contribution < 1.29 is 9.53 Å². The first kappa shape index (κ1) is 23.6. The van der Waals surface area contributed by atoms with Crippen LogP contribution in [0.25, 0.3) is 0 Å². The summed E-state index contributed by atoms with van der Waals surface area (Å²) in [6, 6.07) is 12.5. The van der Waals surface area contributed by atoms with Gasteiger partial charge in [0.15, 0.2) is 0 Å². The Balaban J connectivity index is 1.92. The van der Waals surface area contributed by atoms with Gasteiger partial charge in [-0.05, 0) is 56.1 Å². The van der Waals surface area contributed by atoms with Crippen molar-refractivity contribution in [1.29, 1.82) is 0 Å². The minimum Gasteiger partial charge on any atom is -0.382 e. The molecule has 0 bridgehead atoms. The average Bonchev–Trinajstić information content (AvgIpc) is 3.16. The first-order valence-electron chi connectivity index (χ1n) is 10.6. The maximum atomic E-state index is 12.8. The molecule has 29 heavy (non-hydrogen) atoms. The van der Waals surface area contributed by atoms with Crippen LogP contribution in [0.4, 0.5) is 0 Å². The number of nitrogens with zero attached hydrogens (tertiary/aromatic N) is 2. The van der Waals surface area contributed by atoms with Gasteiger partial charge in [0.25, 0.3) is 0 Å². The van der Waals surface area contributed by atoms with Crippen LogP contribution in [-0.2, 0) is 22.6 Å². The van der Waals surface area contributed by atoms with Crippen molar-refractivity contribution >= 4 is 21.8 Å². The number of amides is 1. The summed E-state index contributed by atoms with van der Waals surface area (Å²) in [5, 5.41) is 3.26. The highest BCUT2D eigenvalue weighted by Crippen LogP contribution is 2.14. The van der Waals surface area contributed by atoms with E-state index in [1.165, 1.54) is 5.56 Å². The minimum atomic E-state index is 0.159. The van der Waals surface area contributed by atoms with Gasteiger partial charge < -0.3 is 19.5 Å². The van der Waals surface area contributed by atoms with Crippen molar-refractivity contribution in [1.82, 2.24) is 14.8 Å². The third-order valence-corrected chi connectivity index (χ3v) is 5.33. The third-order valence-electron chi connectivity index (χ3n) is 4.80. The van der Waals surface area contributed by atoms with Crippen molar-refractivity contribution in [3.63, 3.8) is 0 Å². The lowest BCUT2D eigenvalue weighted by molar-refractivity contribution is -0.131. The van der Waals surface area contributed by atoms with Crippen LogP contribution in [-0.4, -0.2) is 48.2 Å². The van der Waals surface area contributed by atoms with Gasteiger partial charge >= 0.3 is 0 Å². The van der Waals surface area contributed by atoms with Crippen LogP contribution in [0.1, 0.15) is 44.4 Å². The average molecular weight is 464 g/mol. The molecule has 6 heteroatoms. The highest BCUT2D eigenvalue weighted by atomic mass is 79.9. The van der Waals surface area contributed by atoms with E-state index in [-0.39, 0.29) is 5.91 Å². The van der Waals surface area contributed by atoms with E-state index in [4.69, 9.17) is 4.74 Å². The molecule has 1 amide bonds. The Labute approximate surface area is 183 Å².